The van der Waals surface area contributed by atoms with Gasteiger partial charge in [-0.05, 0) is 29.7 Å². The second kappa shape index (κ2) is 3.81. The number of benzene rings is 1. The first kappa shape index (κ1) is 9.84. The Labute approximate surface area is 89.0 Å². The van der Waals surface area contributed by atoms with E-state index in [0.29, 0.717) is 11.5 Å². The zero-order valence-electron chi connectivity index (χ0n) is 8.90. The average Bonchev–Trinajstić information content (AvgIpc) is 2.27. The van der Waals surface area contributed by atoms with Crippen LogP contribution in [0.2, 0.25) is 0 Å². The van der Waals surface area contributed by atoms with E-state index in [0.717, 1.165) is 17.2 Å². The van der Waals surface area contributed by atoms with Crippen LogP contribution in [-0.2, 0) is 0 Å². The van der Waals surface area contributed by atoms with Gasteiger partial charge in [0, 0.05) is 17.1 Å². The standard InChI is InChI=1S/C13H13NO/c1-9(2)11-3-4-13-12(6-11)5-10(8-15)7-14-13/h3-9H,1-2H3. The summed E-state index contributed by atoms with van der Waals surface area (Å²) in [4.78, 5) is 14.9. The Balaban J connectivity index is 2.62. The third-order valence-electron chi connectivity index (χ3n) is 2.53. The third kappa shape index (κ3) is 1.89. The van der Waals surface area contributed by atoms with Gasteiger partial charge in [-0.1, -0.05) is 19.9 Å². The molecule has 0 saturated carbocycles. The summed E-state index contributed by atoms with van der Waals surface area (Å²) in [5.41, 5.74) is 2.83. The smallest absolute Gasteiger partial charge is 0.151 e. The summed E-state index contributed by atoms with van der Waals surface area (Å²) in [6.07, 6.45) is 2.43. The third-order valence-corrected chi connectivity index (χ3v) is 2.53. The molecule has 2 aromatic rings. The van der Waals surface area contributed by atoms with Crippen LogP contribution in [0.3, 0.4) is 0 Å². The second-order valence-corrected chi connectivity index (χ2v) is 3.99. The van der Waals surface area contributed by atoms with E-state index in [1.165, 1.54) is 5.56 Å². The van der Waals surface area contributed by atoms with Gasteiger partial charge in [-0.25, -0.2) is 0 Å². The molecule has 0 aliphatic carbocycles. The lowest BCUT2D eigenvalue weighted by Crippen LogP contribution is -1.89. The lowest BCUT2D eigenvalue weighted by Gasteiger charge is -2.06. The van der Waals surface area contributed by atoms with Gasteiger partial charge in [0.1, 0.15) is 0 Å². The van der Waals surface area contributed by atoms with E-state index in [1.54, 1.807) is 6.20 Å². The van der Waals surface area contributed by atoms with E-state index in [4.69, 9.17) is 0 Å². The Hall–Kier alpha value is -1.70. The van der Waals surface area contributed by atoms with Gasteiger partial charge in [0.05, 0.1) is 5.52 Å². The van der Waals surface area contributed by atoms with Crippen LogP contribution in [0.4, 0.5) is 0 Å². The molecular formula is C13H13NO. The van der Waals surface area contributed by atoms with Crippen LogP contribution in [0, 0.1) is 0 Å². The largest absolute Gasteiger partial charge is 0.298 e. The van der Waals surface area contributed by atoms with Crippen LogP contribution >= 0.6 is 0 Å². The van der Waals surface area contributed by atoms with Crippen LogP contribution < -0.4 is 0 Å². The van der Waals surface area contributed by atoms with Crippen molar-refractivity contribution in [3.05, 3.63) is 41.6 Å². The van der Waals surface area contributed by atoms with Gasteiger partial charge >= 0.3 is 0 Å². The average molecular weight is 199 g/mol. The molecule has 1 aromatic heterocycles. The van der Waals surface area contributed by atoms with Gasteiger partial charge < -0.3 is 0 Å². The molecule has 2 nitrogen and oxygen atoms in total. The zero-order chi connectivity index (χ0) is 10.8. The number of hydrogen-bond acceptors (Lipinski definition) is 2. The predicted octanol–water partition coefficient (Wildman–Crippen LogP) is 3.17. The van der Waals surface area contributed by atoms with Crippen molar-refractivity contribution in [3.8, 4) is 0 Å². The predicted molar refractivity (Wildman–Crippen MR) is 61.2 cm³/mol. The van der Waals surface area contributed by atoms with Crippen LogP contribution in [0.1, 0.15) is 35.7 Å². The number of rotatable bonds is 2. The summed E-state index contributed by atoms with van der Waals surface area (Å²) in [6.45, 7) is 4.30. The van der Waals surface area contributed by atoms with Gasteiger partial charge in [-0.2, -0.15) is 0 Å². The lowest BCUT2D eigenvalue weighted by atomic mass is 10.0. The molecular weight excluding hydrogens is 186 g/mol. The SMILES string of the molecule is CC(C)c1ccc2ncc(C=O)cc2c1. The zero-order valence-corrected chi connectivity index (χ0v) is 8.90. The number of aldehydes is 1. The van der Waals surface area contributed by atoms with Crippen molar-refractivity contribution in [2.24, 2.45) is 0 Å². The summed E-state index contributed by atoms with van der Waals surface area (Å²) in [5, 5.41) is 1.03. The molecule has 0 aliphatic heterocycles. The summed E-state index contributed by atoms with van der Waals surface area (Å²) in [7, 11) is 0. The highest BCUT2D eigenvalue weighted by atomic mass is 16.1. The van der Waals surface area contributed by atoms with Gasteiger partial charge in [0.15, 0.2) is 6.29 Å². The molecule has 0 amide bonds. The summed E-state index contributed by atoms with van der Waals surface area (Å²) >= 11 is 0. The van der Waals surface area contributed by atoms with Gasteiger partial charge in [0.25, 0.3) is 0 Å². The highest BCUT2D eigenvalue weighted by molar-refractivity contribution is 5.86. The molecule has 2 rings (SSSR count). The normalized spacial score (nSPS) is 10.9. The van der Waals surface area contributed by atoms with Crippen molar-refractivity contribution in [2.45, 2.75) is 19.8 Å². The molecule has 0 fully saturated rings. The molecule has 0 radical (unpaired) electrons. The van der Waals surface area contributed by atoms with Crippen molar-refractivity contribution in [1.29, 1.82) is 0 Å². The van der Waals surface area contributed by atoms with Crippen LogP contribution in [0.25, 0.3) is 10.9 Å². The van der Waals surface area contributed by atoms with E-state index in [1.807, 2.05) is 12.1 Å². The maximum absolute atomic E-state index is 10.6. The summed E-state index contributed by atoms with van der Waals surface area (Å²) in [5.74, 6) is 0.495. The Kier molecular flexibility index (Phi) is 2.50. The number of carbonyl (C=O) groups excluding carboxylic acids is 1. The first-order valence-corrected chi connectivity index (χ1v) is 5.05. The van der Waals surface area contributed by atoms with E-state index >= 15 is 0 Å². The van der Waals surface area contributed by atoms with Crippen molar-refractivity contribution < 1.29 is 4.79 Å². The number of hydrogen-bond donors (Lipinski definition) is 0. The second-order valence-electron chi connectivity index (χ2n) is 3.99. The fourth-order valence-electron chi connectivity index (χ4n) is 1.59. The van der Waals surface area contributed by atoms with Crippen molar-refractivity contribution in [2.75, 3.05) is 0 Å². The minimum atomic E-state index is 0.495. The maximum Gasteiger partial charge on any atom is 0.151 e. The minimum Gasteiger partial charge on any atom is -0.298 e. The molecule has 1 aromatic carbocycles. The number of aromatic nitrogens is 1. The molecule has 0 aliphatic rings. The van der Waals surface area contributed by atoms with Crippen molar-refractivity contribution in [1.82, 2.24) is 4.98 Å². The molecule has 15 heavy (non-hydrogen) atoms. The van der Waals surface area contributed by atoms with Gasteiger partial charge in [-0.15, -0.1) is 0 Å². The van der Waals surface area contributed by atoms with Crippen molar-refractivity contribution >= 4 is 17.2 Å². The van der Waals surface area contributed by atoms with Crippen LogP contribution in [-0.4, -0.2) is 11.3 Å². The highest BCUT2D eigenvalue weighted by Gasteiger charge is 2.02. The lowest BCUT2D eigenvalue weighted by molar-refractivity contribution is 0.112. The van der Waals surface area contributed by atoms with Crippen LogP contribution in [0.15, 0.2) is 30.5 Å². The molecule has 0 spiro atoms. The number of pyridine rings is 1. The van der Waals surface area contributed by atoms with E-state index in [9.17, 15) is 4.79 Å². The quantitative estimate of drug-likeness (QED) is 0.695. The number of carbonyl (C=O) groups is 1. The van der Waals surface area contributed by atoms with E-state index < -0.39 is 0 Å². The number of fused-ring (bicyclic) bond motifs is 1. The van der Waals surface area contributed by atoms with E-state index in [2.05, 4.69) is 31.0 Å². The minimum absolute atomic E-state index is 0.495. The summed E-state index contributed by atoms with van der Waals surface area (Å²) in [6, 6.07) is 8.06. The van der Waals surface area contributed by atoms with Gasteiger partial charge in [0.2, 0.25) is 0 Å². The molecule has 0 unspecified atom stereocenters. The maximum atomic E-state index is 10.6. The Morgan fingerprint density at radius 3 is 2.73 bits per heavy atom. The molecule has 1 heterocycles. The van der Waals surface area contributed by atoms with Gasteiger partial charge in [-0.3, -0.25) is 9.78 Å². The van der Waals surface area contributed by atoms with E-state index in [-0.39, 0.29) is 0 Å². The van der Waals surface area contributed by atoms with Crippen molar-refractivity contribution in [3.63, 3.8) is 0 Å². The molecule has 0 N–H and O–H groups in total. The molecule has 76 valence electrons. The number of nitrogens with zero attached hydrogens (tertiary/aromatic N) is 1. The fraction of sp³-hybridized carbons (Fsp3) is 0.231. The van der Waals surface area contributed by atoms with Crippen LogP contribution in [0.5, 0.6) is 0 Å². The first-order chi connectivity index (χ1) is 7.20. The highest BCUT2D eigenvalue weighted by Crippen LogP contribution is 2.20. The molecule has 0 bridgehead atoms. The fourth-order valence-corrected chi connectivity index (χ4v) is 1.59. The summed E-state index contributed by atoms with van der Waals surface area (Å²) < 4.78 is 0. The molecule has 0 saturated heterocycles. The Bertz CT molecular complexity index is 503. The Morgan fingerprint density at radius 1 is 1.27 bits per heavy atom. The molecule has 0 atom stereocenters. The first-order valence-electron chi connectivity index (χ1n) is 5.05. The topological polar surface area (TPSA) is 30.0 Å². The monoisotopic (exact) mass is 199 g/mol. The Morgan fingerprint density at radius 2 is 2.07 bits per heavy atom. The molecule has 2 heteroatoms.